The summed E-state index contributed by atoms with van der Waals surface area (Å²) in [4.78, 5) is 35.8. The molecule has 8 nitrogen and oxygen atoms in total. The van der Waals surface area contributed by atoms with Crippen molar-refractivity contribution in [1.29, 1.82) is 0 Å². The molecule has 0 unspecified atom stereocenters. The number of carbonyl (C=O) groups excluding carboxylic acids is 3. The second kappa shape index (κ2) is 13.1. The highest BCUT2D eigenvalue weighted by Gasteiger charge is 2.15. The van der Waals surface area contributed by atoms with Gasteiger partial charge >= 0.3 is 6.09 Å². The topological polar surface area (TPSA) is 106 Å². The van der Waals surface area contributed by atoms with Crippen molar-refractivity contribution in [2.24, 2.45) is 0 Å². The molecule has 0 aliphatic carbocycles. The van der Waals surface area contributed by atoms with E-state index in [4.69, 9.17) is 9.47 Å². The molecular formula is C25H33N3O5. The molecule has 178 valence electrons. The van der Waals surface area contributed by atoms with Gasteiger partial charge in [0.15, 0.2) is 0 Å². The Balaban J connectivity index is 1.65. The number of ether oxygens (including phenoxy) is 2. The van der Waals surface area contributed by atoms with Crippen LogP contribution in [0.3, 0.4) is 0 Å². The molecule has 0 saturated heterocycles. The van der Waals surface area contributed by atoms with E-state index in [9.17, 15) is 14.4 Å². The van der Waals surface area contributed by atoms with Gasteiger partial charge in [-0.2, -0.15) is 0 Å². The lowest BCUT2D eigenvalue weighted by Crippen LogP contribution is -2.35. The van der Waals surface area contributed by atoms with E-state index in [0.29, 0.717) is 31.7 Å². The van der Waals surface area contributed by atoms with E-state index in [-0.39, 0.29) is 24.8 Å². The van der Waals surface area contributed by atoms with Crippen LogP contribution < -0.4 is 20.7 Å². The molecule has 0 heterocycles. The van der Waals surface area contributed by atoms with Crippen molar-refractivity contribution < 1.29 is 23.9 Å². The number of carbonyl (C=O) groups is 3. The zero-order valence-corrected chi connectivity index (χ0v) is 19.5. The van der Waals surface area contributed by atoms with Crippen LogP contribution in [0.25, 0.3) is 0 Å². The van der Waals surface area contributed by atoms with Gasteiger partial charge in [0.2, 0.25) is 11.8 Å². The average molecular weight is 456 g/mol. The van der Waals surface area contributed by atoms with Crippen molar-refractivity contribution in [2.75, 3.05) is 18.5 Å². The first kappa shape index (κ1) is 25.7. The quantitative estimate of drug-likeness (QED) is 0.444. The predicted molar refractivity (Wildman–Crippen MR) is 127 cm³/mol. The summed E-state index contributed by atoms with van der Waals surface area (Å²) in [5, 5.41) is 8.21. The SMILES string of the molecule is CC(C)(C)OC(=O)NCCC(=O)NCc1cccc(NC(=O)CCCOc2ccccc2)c1. The molecule has 0 spiro atoms. The monoisotopic (exact) mass is 455 g/mol. The van der Waals surface area contributed by atoms with Crippen LogP contribution in [-0.2, 0) is 20.9 Å². The van der Waals surface area contributed by atoms with Gasteiger partial charge < -0.3 is 25.4 Å². The molecule has 33 heavy (non-hydrogen) atoms. The molecule has 0 bridgehead atoms. The Bertz CT molecular complexity index is 910. The summed E-state index contributed by atoms with van der Waals surface area (Å²) in [7, 11) is 0. The van der Waals surface area contributed by atoms with Crippen molar-refractivity contribution >= 4 is 23.6 Å². The number of anilines is 1. The molecule has 2 rings (SSSR count). The van der Waals surface area contributed by atoms with Crippen LogP contribution in [0.1, 0.15) is 45.6 Å². The van der Waals surface area contributed by atoms with Gasteiger partial charge in [-0.3, -0.25) is 9.59 Å². The first-order valence-electron chi connectivity index (χ1n) is 11.0. The minimum absolute atomic E-state index is 0.0962. The van der Waals surface area contributed by atoms with Gasteiger partial charge in [0.05, 0.1) is 6.61 Å². The van der Waals surface area contributed by atoms with Crippen LogP contribution in [0.2, 0.25) is 0 Å². The Kier molecular flexibility index (Phi) is 10.2. The fourth-order valence-electron chi connectivity index (χ4n) is 2.80. The highest BCUT2D eigenvalue weighted by atomic mass is 16.6. The smallest absolute Gasteiger partial charge is 0.407 e. The van der Waals surface area contributed by atoms with Gasteiger partial charge in [-0.15, -0.1) is 0 Å². The Morgan fingerprint density at radius 3 is 2.36 bits per heavy atom. The fourth-order valence-corrected chi connectivity index (χ4v) is 2.80. The summed E-state index contributed by atoms with van der Waals surface area (Å²) >= 11 is 0. The molecular weight excluding hydrogens is 422 g/mol. The van der Waals surface area contributed by atoms with E-state index in [1.165, 1.54) is 0 Å². The fraction of sp³-hybridized carbons (Fsp3) is 0.400. The maximum Gasteiger partial charge on any atom is 0.407 e. The summed E-state index contributed by atoms with van der Waals surface area (Å²) in [6, 6.07) is 16.8. The van der Waals surface area contributed by atoms with Gasteiger partial charge in [0.1, 0.15) is 11.4 Å². The van der Waals surface area contributed by atoms with Gasteiger partial charge in [-0.05, 0) is 57.0 Å². The molecule has 0 atom stereocenters. The first-order valence-corrected chi connectivity index (χ1v) is 11.0. The lowest BCUT2D eigenvalue weighted by molar-refractivity contribution is -0.121. The molecule has 0 aliphatic rings. The largest absolute Gasteiger partial charge is 0.494 e. The molecule has 3 N–H and O–H groups in total. The standard InChI is InChI=1S/C25H33N3O5/c1-25(2,3)33-24(31)26-15-14-22(29)27-18-19-9-7-10-20(17-19)28-23(30)13-8-16-32-21-11-5-4-6-12-21/h4-7,9-12,17H,8,13-16,18H2,1-3H3,(H,26,31)(H,27,29)(H,28,30). The molecule has 0 saturated carbocycles. The molecule has 0 radical (unpaired) electrons. The second-order valence-electron chi connectivity index (χ2n) is 8.47. The lowest BCUT2D eigenvalue weighted by Gasteiger charge is -2.19. The third kappa shape index (κ3) is 11.6. The summed E-state index contributed by atoms with van der Waals surface area (Å²) in [5.41, 5.74) is 0.943. The van der Waals surface area contributed by atoms with E-state index in [0.717, 1.165) is 11.3 Å². The van der Waals surface area contributed by atoms with Crippen molar-refractivity contribution in [3.8, 4) is 5.75 Å². The summed E-state index contributed by atoms with van der Waals surface area (Å²) in [5.74, 6) is 0.494. The highest BCUT2D eigenvalue weighted by molar-refractivity contribution is 5.90. The Hall–Kier alpha value is -3.55. The minimum Gasteiger partial charge on any atom is -0.494 e. The first-order chi connectivity index (χ1) is 15.7. The van der Waals surface area contributed by atoms with Crippen molar-refractivity contribution in [1.82, 2.24) is 10.6 Å². The van der Waals surface area contributed by atoms with Crippen LogP contribution in [0.4, 0.5) is 10.5 Å². The number of hydrogen-bond acceptors (Lipinski definition) is 5. The maximum atomic E-state index is 12.2. The molecule has 2 aromatic carbocycles. The number of amides is 3. The number of hydrogen-bond donors (Lipinski definition) is 3. The summed E-state index contributed by atoms with van der Waals surface area (Å²) in [6.07, 6.45) is 0.540. The maximum absolute atomic E-state index is 12.2. The molecule has 8 heteroatoms. The zero-order chi connectivity index (χ0) is 24.1. The van der Waals surface area contributed by atoms with E-state index in [1.54, 1.807) is 26.8 Å². The molecule has 0 aliphatic heterocycles. The van der Waals surface area contributed by atoms with E-state index in [1.807, 2.05) is 48.5 Å². The third-order valence-electron chi connectivity index (χ3n) is 4.28. The number of para-hydroxylation sites is 1. The van der Waals surface area contributed by atoms with Gasteiger partial charge in [-0.25, -0.2) is 4.79 Å². The van der Waals surface area contributed by atoms with E-state index in [2.05, 4.69) is 16.0 Å². The van der Waals surface area contributed by atoms with Crippen molar-refractivity contribution in [3.05, 3.63) is 60.2 Å². The van der Waals surface area contributed by atoms with Crippen LogP contribution in [-0.4, -0.2) is 36.7 Å². The van der Waals surface area contributed by atoms with Crippen LogP contribution in [0, 0.1) is 0 Å². The van der Waals surface area contributed by atoms with Crippen molar-refractivity contribution in [2.45, 2.75) is 52.2 Å². The Labute approximate surface area is 195 Å². The van der Waals surface area contributed by atoms with Crippen molar-refractivity contribution in [3.63, 3.8) is 0 Å². The van der Waals surface area contributed by atoms with Gasteiger partial charge in [0, 0.05) is 31.6 Å². The van der Waals surface area contributed by atoms with Gasteiger partial charge in [0.25, 0.3) is 0 Å². The van der Waals surface area contributed by atoms with Crippen LogP contribution in [0.15, 0.2) is 54.6 Å². The van der Waals surface area contributed by atoms with E-state index >= 15 is 0 Å². The normalized spacial score (nSPS) is 10.8. The third-order valence-corrected chi connectivity index (χ3v) is 4.28. The van der Waals surface area contributed by atoms with E-state index < -0.39 is 11.7 Å². The highest BCUT2D eigenvalue weighted by Crippen LogP contribution is 2.12. The van der Waals surface area contributed by atoms with Crippen LogP contribution in [0.5, 0.6) is 5.75 Å². The Morgan fingerprint density at radius 1 is 0.879 bits per heavy atom. The molecule has 0 aromatic heterocycles. The lowest BCUT2D eigenvalue weighted by atomic mass is 10.2. The predicted octanol–water partition coefficient (Wildman–Crippen LogP) is 4.02. The summed E-state index contributed by atoms with van der Waals surface area (Å²) < 4.78 is 10.7. The number of rotatable bonds is 11. The van der Waals surface area contributed by atoms with Gasteiger partial charge in [-0.1, -0.05) is 30.3 Å². The number of nitrogens with one attached hydrogen (secondary N) is 3. The second-order valence-corrected chi connectivity index (χ2v) is 8.47. The molecule has 3 amide bonds. The number of benzene rings is 2. The Morgan fingerprint density at radius 2 is 1.64 bits per heavy atom. The average Bonchev–Trinajstić information content (AvgIpc) is 2.75. The molecule has 0 fully saturated rings. The summed E-state index contributed by atoms with van der Waals surface area (Å²) in [6.45, 7) is 6.29. The number of alkyl carbamates (subject to hydrolysis) is 1. The molecule has 2 aromatic rings. The minimum atomic E-state index is -0.581. The van der Waals surface area contributed by atoms with Crippen LogP contribution >= 0.6 is 0 Å². The zero-order valence-electron chi connectivity index (χ0n) is 19.5.